The fourth-order valence-corrected chi connectivity index (χ4v) is 0.823. The van der Waals surface area contributed by atoms with Crippen LogP contribution in [0.15, 0.2) is 18.2 Å². The molecule has 0 bridgehead atoms. The van der Waals surface area contributed by atoms with Gasteiger partial charge in [0, 0.05) is 0 Å². The number of hydrogen-bond acceptors (Lipinski definition) is 2. The summed E-state index contributed by atoms with van der Waals surface area (Å²) in [6, 6.07) is 4.44. The molecule has 0 saturated carbocycles. The van der Waals surface area contributed by atoms with Crippen LogP contribution in [0.1, 0.15) is 15.9 Å². The van der Waals surface area contributed by atoms with E-state index in [2.05, 4.69) is 0 Å². The summed E-state index contributed by atoms with van der Waals surface area (Å²) in [6.07, 6.45) is 0. The van der Waals surface area contributed by atoms with Crippen LogP contribution in [0.3, 0.4) is 0 Å². The molecule has 12 heavy (non-hydrogen) atoms. The molecule has 0 unspecified atom stereocenters. The SMILES string of the molecule is Br.Cc1ccc(C(=O)O)c(O)c1. The van der Waals surface area contributed by atoms with Gasteiger partial charge >= 0.3 is 5.97 Å². The maximum absolute atomic E-state index is 10.4. The lowest BCUT2D eigenvalue weighted by Gasteiger charge is -1.98. The molecule has 3 nitrogen and oxygen atoms in total. The molecule has 2 N–H and O–H groups in total. The average Bonchev–Trinajstić information content (AvgIpc) is 1.85. The molecule has 0 aliphatic rings. The molecule has 0 aliphatic carbocycles. The molecule has 0 aromatic heterocycles. The van der Waals surface area contributed by atoms with Crippen molar-refractivity contribution >= 4 is 23.0 Å². The monoisotopic (exact) mass is 232 g/mol. The van der Waals surface area contributed by atoms with Gasteiger partial charge in [0.1, 0.15) is 11.3 Å². The standard InChI is InChI=1S/C8H8O3.BrH/c1-5-2-3-6(8(10)11)7(9)4-5;/h2-4,9H,1H3,(H,10,11);1H. The average molecular weight is 233 g/mol. The molecule has 0 radical (unpaired) electrons. The largest absolute Gasteiger partial charge is 0.507 e. The number of aryl methyl sites for hydroxylation is 1. The number of aromatic carboxylic acids is 1. The summed E-state index contributed by atoms with van der Waals surface area (Å²) in [5, 5.41) is 17.6. The van der Waals surface area contributed by atoms with Crippen molar-refractivity contribution in [1.82, 2.24) is 0 Å². The molecule has 0 aliphatic heterocycles. The van der Waals surface area contributed by atoms with Crippen LogP contribution < -0.4 is 0 Å². The van der Waals surface area contributed by atoms with E-state index in [-0.39, 0.29) is 28.3 Å². The molecule has 0 amide bonds. The van der Waals surface area contributed by atoms with Crippen molar-refractivity contribution in [2.75, 3.05) is 0 Å². The molecule has 4 heteroatoms. The van der Waals surface area contributed by atoms with E-state index in [9.17, 15) is 4.79 Å². The first-order chi connectivity index (χ1) is 5.11. The molecule has 0 spiro atoms. The summed E-state index contributed by atoms with van der Waals surface area (Å²) < 4.78 is 0. The molecule has 1 aromatic rings. The highest BCUT2D eigenvalue weighted by Gasteiger charge is 2.07. The third-order valence-corrected chi connectivity index (χ3v) is 1.38. The Morgan fingerprint density at radius 1 is 1.42 bits per heavy atom. The normalized spacial score (nSPS) is 8.75. The van der Waals surface area contributed by atoms with Gasteiger partial charge in [0.25, 0.3) is 0 Å². The van der Waals surface area contributed by atoms with Crippen molar-refractivity contribution in [2.45, 2.75) is 6.92 Å². The molecule has 0 saturated heterocycles. The smallest absolute Gasteiger partial charge is 0.339 e. The minimum Gasteiger partial charge on any atom is -0.507 e. The fourth-order valence-electron chi connectivity index (χ4n) is 0.823. The first kappa shape index (κ1) is 11.0. The lowest BCUT2D eigenvalue weighted by atomic mass is 10.1. The van der Waals surface area contributed by atoms with E-state index < -0.39 is 5.97 Å². The highest BCUT2D eigenvalue weighted by atomic mass is 79.9. The van der Waals surface area contributed by atoms with Gasteiger partial charge in [-0.3, -0.25) is 0 Å². The number of benzene rings is 1. The van der Waals surface area contributed by atoms with Crippen LogP contribution in [-0.4, -0.2) is 16.2 Å². The third kappa shape index (κ3) is 2.23. The Kier molecular flexibility index (Phi) is 3.76. The minimum atomic E-state index is -1.11. The van der Waals surface area contributed by atoms with Crippen LogP contribution in [0.4, 0.5) is 0 Å². The topological polar surface area (TPSA) is 57.5 Å². The summed E-state index contributed by atoms with van der Waals surface area (Å²) in [5.41, 5.74) is 0.781. The van der Waals surface area contributed by atoms with Crippen molar-refractivity contribution in [3.63, 3.8) is 0 Å². The quantitative estimate of drug-likeness (QED) is 0.779. The van der Waals surface area contributed by atoms with Crippen LogP contribution in [0.5, 0.6) is 5.75 Å². The Morgan fingerprint density at radius 3 is 2.42 bits per heavy atom. The second-order valence-corrected chi connectivity index (χ2v) is 2.33. The maximum atomic E-state index is 10.4. The molecule has 0 heterocycles. The molecule has 1 rings (SSSR count). The van der Waals surface area contributed by atoms with E-state index in [4.69, 9.17) is 10.2 Å². The van der Waals surface area contributed by atoms with Gasteiger partial charge in [-0.15, -0.1) is 17.0 Å². The van der Waals surface area contributed by atoms with Crippen LogP contribution in [-0.2, 0) is 0 Å². The van der Waals surface area contributed by atoms with Crippen molar-refractivity contribution in [3.05, 3.63) is 29.3 Å². The predicted octanol–water partition coefficient (Wildman–Crippen LogP) is 1.98. The van der Waals surface area contributed by atoms with E-state index in [0.717, 1.165) is 5.56 Å². The Balaban J connectivity index is 0.00000121. The Morgan fingerprint density at radius 2 is 2.00 bits per heavy atom. The highest BCUT2D eigenvalue weighted by Crippen LogP contribution is 2.17. The predicted molar refractivity (Wildman–Crippen MR) is 50.1 cm³/mol. The molecule has 1 aromatic carbocycles. The van der Waals surface area contributed by atoms with Crippen LogP contribution in [0.25, 0.3) is 0 Å². The van der Waals surface area contributed by atoms with Crippen LogP contribution in [0, 0.1) is 6.92 Å². The van der Waals surface area contributed by atoms with Crippen LogP contribution >= 0.6 is 17.0 Å². The lowest BCUT2D eigenvalue weighted by Crippen LogP contribution is -1.96. The van der Waals surface area contributed by atoms with Gasteiger partial charge in [-0.05, 0) is 24.6 Å². The number of hydrogen-bond donors (Lipinski definition) is 2. The molecule has 0 fully saturated rings. The Bertz CT molecular complexity index is 296. The number of aromatic hydroxyl groups is 1. The second-order valence-electron chi connectivity index (χ2n) is 2.33. The summed E-state index contributed by atoms with van der Waals surface area (Å²) in [5.74, 6) is -1.29. The zero-order valence-corrected chi connectivity index (χ0v) is 8.16. The third-order valence-electron chi connectivity index (χ3n) is 1.38. The molecular formula is C8H9BrO3. The summed E-state index contributed by atoms with van der Waals surface area (Å²) in [6.45, 7) is 1.78. The van der Waals surface area contributed by atoms with Crippen molar-refractivity contribution in [3.8, 4) is 5.75 Å². The number of phenols is 1. The number of halogens is 1. The van der Waals surface area contributed by atoms with E-state index in [1.165, 1.54) is 12.1 Å². The second kappa shape index (κ2) is 4.11. The van der Waals surface area contributed by atoms with Gasteiger partial charge in [0.05, 0.1) is 0 Å². The van der Waals surface area contributed by atoms with Gasteiger partial charge in [-0.1, -0.05) is 6.07 Å². The van der Waals surface area contributed by atoms with E-state index in [1.54, 1.807) is 13.0 Å². The maximum Gasteiger partial charge on any atom is 0.339 e. The zero-order chi connectivity index (χ0) is 8.43. The van der Waals surface area contributed by atoms with Crippen molar-refractivity contribution in [1.29, 1.82) is 0 Å². The van der Waals surface area contributed by atoms with Gasteiger partial charge in [0.2, 0.25) is 0 Å². The minimum absolute atomic E-state index is 0. The number of carboxylic acid groups (broad SMARTS) is 1. The van der Waals surface area contributed by atoms with Crippen molar-refractivity contribution in [2.24, 2.45) is 0 Å². The Hall–Kier alpha value is -1.03. The lowest BCUT2D eigenvalue weighted by molar-refractivity contribution is 0.0694. The first-order valence-electron chi connectivity index (χ1n) is 3.14. The highest BCUT2D eigenvalue weighted by molar-refractivity contribution is 8.93. The summed E-state index contributed by atoms with van der Waals surface area (Å²) >= 11 is 0. The van der Waals surface area contributed by atoms with Gasteiger partial charge in [-0.25, -0.2) is 4.79 Å². The summed E-state index contributed by atoms with van der Waals surface area (Å²) in [7, 11) is 0. The molecule has 0 atom stereocenters. The number of carbonyl (C=O) groups is 1. The van der Waals surface area contributed by atoms with Gasteiger partial charge in [0.15, 0.2) is 0 Å². The first-order valence-corrected chi connectivity index (χ1v) is 3.14. The van der Waals surface area contributed by atoms with E-state index in [0.29, 0.717) is 0 Å². The molecule has 66 valence electrons. The van der Waals surface area contributed by atoms with Gasteiger partial charge in [-0.2, -0.15) is 0 Å². The summed E-state index contributed by atoms with van der Waals surface area (Å²) in [4.78, 5) is 10.4. The molecular weight excluding hydrogens is 224 g/mol. The zero-order valence-electron chi connectivity index (χ0n) is 6.44. The number of rotatable bonds is 1. The van der Waals surface area contributed by atoms with Crippen LogP contribution in [0.2, 0.25) is 0 Å². The number of carboxylic acids is 1. The van der Waals surface area contributed by atoms with Gasteiger partial charge < -0.3 is 10.2 Å². The van der Waals surface area contributed by atoms with E-state index >= 15 is 0 Å². The fraction of sp³-hybridized carbons (Fsp3) is 0.125. The Labute approximate surface area is 80.4 Å². The van der Waals surface area contributed by atoms with Crippen molar-refractivity contribution < 1.29 is 15.0 Å². The van der Waals surface area contributed by atoms with E-state index in [1.807, 2.05) is 0 Å².